The summed E-state index contributed by atoms with van der Waals surface area (Å²) in [5.41, 5.74) is 3.68. The van der Waals surface area contributed by atoms with Crippen molar-refractivity contribution in [3.8, 4) is 22.8 Å². The van der Waals surface area contributed by atoms with Gasteiger partial charge in [-0.1, -0.05) is 18.2 Å². The fraction of sp³-hybridized carbons (Fsp3) is 0.161. The average Bonchev–Trinajstić information content (AvgIpc) is 3.64. The second-order valence-electron chi connectivity index (χ2n) is 9.30. The zero-order valence-electron chi connectivity index (χ0n) is 21.5. The van der Waals surface area contributed by atoms with Crippen molar-refractivity contribution >= 4 is 38.9 Å². The molecule has 0 aliphatic carbocycles. The molecule has 0 radical (unpaired) electrons. The van der Waals surface area contributed by atoms with Gasteiger partial charge in [-0.15, -0.1) is 11.3 Å². The molecule has 196 valence electrons. The van der Waals surface area contributed by atoms with Crippen LogP contribution in [0.1, 0.15) is 31.4 Å². The van der Waals surface area contributed by atoms with Crippen LogP contribution in [0, 0.1) is 0 Å². The zero-order valence-corrected chi connectivity index (χ0v) is 22.3. The number of fused-ring (bicyclic) bond motifs is 2. The smallest absolute Gasteiger partial charge is 0.289 e. The molecule has 0 unspecified atom stereocenters. The standard InChI is InChI=1S/C31H26N2O5S/c1-36-26-15-20-13-14-33(18-22(20)16-27(26)37-2)31(35)25-12-11-24(38-25)19-7-9-23(10-8-19)32-30(34)29-17-21-5-3-4-6-28(21)39-29/h3-12,15-17H,13-14,18H2,1-2H3,(H,32,34). The molecule has 5 aromatic rings. The third-order valence-electron chi connectivity index (χ3n) is 6.90. The summed E-state index contributed by atoms with van der Waals surface area (Å²) in [6.45, 7) is 1.06. The number of methoxy groups -OCH3 is 2. The number of nitrogens with one attached hydrogen (secondary N) is 1. The molecule has 7 nitrogen and oxygen atoms in total. The first-order valence-corrected chi connectivity index (χ1v) is 13.4. The summed E-state index contributed by atoms with van der Waals surface area (Å²) in [5, 5.41) is 4.01. The van der Waals surface area contributed by atoms with E-state index >= 15 is 0 Å². The molecule has 1 aliphatic heterocycles. The van der Waals surface area contributed by atoms with Gasteiger partial charge in [0.1, 0.15) is 5.76 Å². The molecular formula is C31H26N2O5S. The highest BCUT2D eigenvalue weighted by Gasteiger charge is 2.26. The van der Waals surface area contributed by atoms with Crippen molar-refractivity contribution in [3.05, 3.63) is 101 Å². The van der Waals surface area contributed by atoms with Gasteiger partial charge in [-0.25, -0.2) is 0 Å². The van der Waals surface area contributed by atoms with E-state index in [1.165, 1.54) is 11.3 Å². The quantitative estimate of drug-likeness (QED) is 0.262. The molecular weight excluding hydrogens is 512 g/mol. The van der Waals surface area contributed by atoms with Crippen LogP contribution in [-0.2, 0) is 13.0 Å². The Bertz CT molecular complexity index is 1650. The molecule has 3 heterocycles. The number of hydrogen-bond acceptors (Lipinski definition) is 6. The van der Waals surface area contributed by atoms with Gasteiger partial charge in [0.15, 0.2) is 17.3 Å². The maximum Gasteiger partial charge on any atom is 0.289 e. The monoisotopic (exact) mass is 538 g/mol. The molecule has 6 rings (SSSR count). The molecule has 1 N–H and O–H groups in total. The summed E-state index contributed by atoms with van der Waals surface area (Å²) in [7, 11) is 3.22. The molecule has 0 spiro atoms. The molecule has 0 saturated heterocycles. The van der Waals surface area contributed by atoms with E-state index in [0.717, 1.165) is 33.2 Å². The Kier molecular flexibility index (Phi) is 6.54. The van der Waals surface area contributed by atoms with E-state index in [1.54, 1.807) is 31.3 Å². The number of hydrogen-bond donors (Lipinski definition) is 1. The van der Waals surface area contributed by atoms with E-state index in [-0.39, 0.29) is 17.6 Å². The molecule has 39 heavy (non-hydrogen) atoms. The van der Waals surface area contributed by atoms with E-state index < -0.39 is 0 Å². The van der Waals surface area contributed by atoms with Crippen LogP contribution in [-0.4, -0.2) is 37.5 Å². The number of benzene rings is 3. The summed E-state index contributed by atoms with van der Waals surface area (Å²) in [6.07, 6.45) is 0.726. The lowest BCUT2D eigenvalue weighted by Crippen LogP contribution is -2.35. The van der Waals surface area contributed by atoms with Gasteiger partial charge in [0.25, 0.3) is 11.8 Å². The second kappa shape index (κ2) is 10.3. The molecule has 0 saturated carbocycles. The van der Waals surface area contributed by atoms with Gasteiger partial charge >= 0.3 is 0 Å². The fourth-order valence-electron chi connectivity index (χ4n) is 4.82. The topological polar surface area (TPSA) is 81.0 Å². The molecule has 0 atom stereocenters. The summed E-state index contributed by atoms with van der Waals surface area (Å²) >= 11 is 1.47. The SMILES string of the molecule is COc1cc2c(cc1OC)CN(C(=O)c1ccc(-c3ccc(NC(=O)c4cc5ccccc5s4)cc3)o1)CC2. The largest absolute Gasteiger partial charge is 0.493 e. The minimum atomic E-state index is -0.158. The predicted octanol–water partition coefficient (Wildman–Crippen LogP) is 6.63. The van der Waals surface area contributed by atoms with Gasteiger partial charge in [0, 0.05) is 29.0 Å². The van der Waals surface area contributed by atoms with E-state index in [2.05, 4.69) is 5.32 Å². The van der Waals surface area contributed by atoms with E-state index in [1.807, 2.05) is 66.7 Å². The molecule has 0 fully saturated rings. The minimum Gasteiger partial charge on any atom is -0.493 e. The molecule has 8 heteroatoms. The third kappa shape index (κ3) is 4.86. The summed E-state index contributed by atoms with van der Waals surface area (Å²) in [6, 6.07) is 24.6. The second-order valence-corrected chi connectivity index (χ2v) is 10.4. The first-order chi connectivity index (χ1) is 19.0. The van der Waals surface area contributed by atoms with Crippen LogP contribution in [0.4, 0.5) is 5.69 Å². The molecule has 0 bridgehead atoms. The van der Waals surface area contributed by atoms with Crippen LogP contribution in [0.25, 0.3) is 21.4 Å². The van der Waals surface area contributed by atoms with Crippen molar-refractivity contribution in [1.82, 2.24) is 4.90 Å². The van der Waals surface area contributed by atoms with Crippen molar-refractivity contribution in [3.63, 3.8) is 0 Å². The van der Waals surface area contributed by atoms with Crippen LogP contribution >= 0.6 is 11.3 Å². The molecule has 2 aromatic heterocycles. The van der Waals surface area contributed by atoms with Gasteiger partial charge in [0.05, 0.1) is 19.1 Å². The molecule has 2 amide bonds. The maximum atomic E-state index is 13.2. The van der Waals surface area contributed by atoms with Crippen LogP contribution in [0.2, 0.25) is 0 Å². The van der Waals surface area contributed by atoms with Gasteiger partial charge < -0.3 is 24.1 Å². The van der Waals surface area contributed by atoms with E-state index in [9.17, 15) is 9.59 Å². The number of anilines is 1. The lowest BCUT2D eigenvalue weighted by molar-refractivity contribution is 0.0703. The molecule has 3 aromatic carbocycles. The normalized spacial score (nSPS) is 12.7. The van der Waals surface area contributed by atoms with E-state index in [0.29, 0.717) is 40.9 Å². The van der Waals surface area contributed by atoms with Crippen molar-refractivity contribution < 1.29 is 23.5 Å². The Morgan fingerprint density at radius 1 is 0.897 bits per heavy atom. The average molecular weight is 539 g/mol. The number of nitrogens with zero attached hydrogens (tertiary/aromatic N) is 1. The summed E-state index contributed by atoms with van der Waals surface area (Å²) in [5.74, 6) is 1.91. The Labute approximate surface area is 229 Å². The van der Waals surface area contributed by atoms with Crippen molar-refractivity contribution in [1.29, 1.82) is 0 Å². The minimum absolute atomic E-state index is 0.144. The van der Waals surface area contributed by atoms with Crippen LogP contribution < -0.4 is 14.8 Å². The highest BCUT2D eigenvalue weighted by molar-refractivity contribution is 7.20. The highest BCUT2D eigenvalue weighted by atomic mass is 32.1. The van der Waals surface area contributed by atoms with Gasteiger partial charge in [-0.2, -0.15) is 0 Å². The lowest BCUT2D eigenvalue weighted by Gasteiger charge is -2.29. The summed E-state index contributed by atoms with van der Waals surface area (Å²) in [4.78, 5) is 28.4. The van der Waals surface area contributed by atoms with E-state index in [4.69, 9.17) is 13.9 Å². The lowest BCUT2D eigenvalue weighted by atomic mass is 9.98. The number of amides is 2. The van der Waals surface area contributed by atoms with Crippen LogP contribution in [0.3, 0.4) is 0 Å². The Hall–Kier alpha value is -4.56. The number of rotatable bonds is 6. The van der Waals surface area contributed by atoms with Crippen molar-refractivity contribution in [2.45, 2.75) is 13.0 Å². The van der Waals surface area contributed by atoms with Crippen molar-refractivity contribution in [2.75, 3.05) is 26.1 Å². The van der Waals surface area contributed by atoms with Crippen molar-refractivity contribution in [2.24, 2.45) is 0 Å². The van der Waals surface area contributed by atoms with Gasteiger partial charge in [0.2, 0.25) is 0 Å². The first-order valence-electron chi connectivity index (χ1n) is 12.6. The summed E-state index contributed by atoms with van der Waals surface area (Å²) < 4.78 is 17.9. The van der Waals surface area contributed by atoms with Crippen LogP contribution in [0.5, 0.6) is 11.5 Å². The number of carbonyl (C=O) groups excluding carboxylic acids is 2. The number of ether oxygens (including phenoxy) is 2. The predicted molar refractivity (Wildman–Crippen MR) is 152 cm³/mol. The first kappa shape index (κ1) is 24.8. The number of thiophene rings is 1. The Morgan fingerprint density at radius 3 is 2.38 bits per heavy atom. The fourth-order valence-corrected chi connectivity index (χ4v) is 5.78. The molecule has 1 aliphatic rings. The number of carbonyl (C=O) groups is 2. The zero-order chi connectivity index (χ0) is 26.9. The number of furan rings is 1. The van der Waals surface area contributed by atoms with Gasteiger partial charge in [-0.3, -0.25) is 9.59 Å². The van der Waals surface area contributed by atoms with Gasteiger partial charge in [-0.05, 0) is 83.6 Å². The Balaban J connectivity index is 1.13. The maximum absolute atomic E-state index is 13.2. The third-order valence-corrected chi connectivity index (χ3v) is 8.01. The Morgan fingerprint density at radius 2 is 1.64 bits per heavy atom. The van der Waals surface area contributed by atoms with Crippen LogP contribution in [0.15, 0.2) is 83.3 Å². The highest BCUT2D eigenvalue weighted by Crippen LogP contribution is 2.34.